The van der Waals surface area contributed by atoms with Gasteiger partial charge in [0.2, 0.25) is 5.71 Å². The second-order valence-electron chi connectivity index (χ2n) is 24.5. The van der Waals surface area contributed by atoms with E-state index in [-0.39, 0.29) is 56.5 Å². The molecular weight excluding hydrogens is 1850 g/mol. The minimum atomic E-state index is -2.60. The van der Waals surface area contributed by atoms with Crippen LogP contribution < -0.4 is 49.8 Å². The predicted molar refractivity (Wildman–Crippen MR) is 500 cm³/mol. The summed E-state index contributed by atoms with van der Waals surface area (Å²) < 4.78 is 94.9. The molecule has 42 heteroatoms. The van der Waals surface area contributed by atoms with Crippen molar-refractivity contribution < 1.29 is 181 Å². The highest BCUT2D eigenvalue weighted by Gasteiger charge is 2.39. The SMILES string of the molecule is C=CC(=O)OC(CC(C)C(=O)OC)C(=O)OCCCC.CCCCOC(=O)C(CC(C)C(=O)OC)OC(=O)CCNCCC[Si](OC)(OC)OC.CCN(CC)c1ccc(C(=C2C=CC(=[NH+]CCC[Si](OC)(OC)OC)c3ccccc32)c2ccc(N(CC)CC)cc2)cc1.CO.CO.CO.CO.CO.CO.CO.CO.CO.CO[Si](CCCN)(OC)OC.O=[Si]=O.[I-]. The molecular formula is C86H164IN5O32Si4. The molecule has 0 amide bonds. The standard InChI is InChI=1S/C37H49N3O3Si.C20H39NO9Si.C14H22O6.C6H17NO3Si.9CH4O.HI.O2Si/c1-8-39(9-2)31-21-17-29(18-22-31)37(30-19-23-32(24-20-30)40(10-3)11-4)35-25-26-36(34-16-13-12-15-33(34)35)38-27-14-28-44(41-5,42-6)43-7;1-7-8-13-29-20(24)17(15-16(2)19(23)25-3)30-18(22)10-12-21-11-9-14-31(26-4,27-5)28-6;1-5-7-8-19-14(17)11(20-12(15)6-2)9-10(3)13(16)18-4;1-8-11(9-2,10-3)6-4-5-7;9*1-2;;1-3-2/h12-13,15-26H,8-11,14,27-28H2,1-7H3;16-17,21H,7-15H2,1-6H3;6,10-11H,2,5,7-9H2,1,3-4H3;4-7H2,1-3H3;9*2H,1H3;1H;. The summed E-state index contributed by atoms with van der Waals surface area (Å²) in [6.45, 7) is 26.1. The summed E-state index contributed by atoms with van der Waals surface area (Å²) in [7, 11) is 17.1. The number of hydrogen-bond donors (Lipinski definition) is 12. The van der Waals surface area contributed by atoms with Crippen LogP contribution >= 0.6 is 0 Å². The third-order valence-corrected chi connectivity index (χ3v) is 26.1. The average molecular weight is 2020 g/mol. The predicted octanol–water partition coefficient (Wildman–Crippen LogP) is 2.44. The Morgan fingerprint density at radius 1 is 0.469 bits per heavy atom. The first kappa shape index (κ1) is 144. The maximum absolute atomic E-state index is 12.3. The van der Waals surface area contributed by atoms with Gasteiger partial charge in [0.05, 0.1) is 51.3 Å². The lowest BCUT2D eigenvalue weighted by molar-refractivity contribution is -0.455. The second kappa shape index (κ2) is 101. The molecule has 0 saturated carbocycles. The summed E-state index contributed by atoms with van der Waals surface area (Å²) in [5.74, 6) is -4.74. The Morgan fingerprint density at radius 2 is 0.805 bits per heavy atom. The molecule has 0 bridgehead atoms. The number of nitrogens with two attached hydrogens (primary N) is 1. The summed E-state index contributed by atoms with van der Waals surface area (Å²) in [5, 5.41) is 66.1. The number of esters is 6. The van der Waals surface area contributed by atoms with Gasteiger partial charge in [-0.05, 0) is 131 Å². The lowest BCUT2D eigenvalue weighted by atomic mass is 9.83. The van der Waals surface area contributed by atoms with Gasteiger partial charge in [-0.15, -0.1) is 0 Å². The smallest absolute Gasteiger partial charge is 0.549 e. The first-order chi connectivity index (χ1) is 61.4. The normalized spacial score (nSPS) is 11.5. The minimum absolute atomic E-state index is 0. The van der Waals surface area contributed by atoms with Gasteiger partial charge in [0, 0.05) is 222 Å². The van der Waals surface area contributed by atoms with Crippen LogP contribution in [0, 0.1) is 11.8 Å². The Kier molecular flexibility index (Phi) is 114. The molecule has 3 aromatic carbocycles. The van der Waals surface area contributed by atoms with Crippen molar-refractivity contribution in [1.29, 1.82) is 0 Å². The number of rotatable bonds is 48. The number of ether oxygens (including phenoxy) is 6. The molecule has 4 rings (SSSR count). The van der Waals surface area contributed by atoms with Gasteiger partial charge < -0.3 is 159 Å². The summed E-state index contributed by atoms with van der Waals surface area (Å²) in [4.78, 5) is 79.0. The minimum Gasteiger partial charge on any atom is -1.00 e. The van der Waals surface area contributed by atoms with Gasteiger partial charge in [0.25, 0.3) is 0 Å². The van der Waals surface area contributed by atoms with E-state index in [1.165, 1.54) is 59.0 Å². The van der Waals surface area contributed by atoms with E-state index in [4.69, 9.17) is 119 Å². The van der Waals surface area contributed by atoms with Crippen LogP contribution in [0.4, 0.5) is 11.4 Å². The number of fused-ring (bicyclic) bond motifs is 1. The van der Waals surface area contributed by atoms with Crippen molar-refractivity contribution >= 4 is 99.8 Å². The third kappa shape index (κ3) is 62.7. The van der Waals surface area contributed by atoms with Crippen molar-refractivity contribution in [2.75, 3.05) is 218 Å². The molecule has 748 valence electrons. The van der Waals surface area contributed by atoms with Gasteiger partial charge in [-0.2, -0.15) is 0 Å². The number of aliphatic hydroxyl groups is 9. The van der Waals surface area contributed by atoms with E-state index in [1.54, 1.807) is 77.8 Å². The number of anilines is 2. The van der Waals surface area contributed by atoms with E-state index in [1.807, 2.05) is 13.8 Å². The average Bonchev–Trinajstić information content (AvgIpc) is 0.767. The number of benzene rings is 3. The van der Waals surface area contributed by atoms with Gasteiger partial charge in [-0.1, -0.05) is 89.6 Å². The van der Waals surface area contributed by atoms with Gasteiger partial charge in [-0.25, -0.2) is 19.4 Å². The van der Waals surface area contributed by atoms with E-state index in [9.17, 15) is 28.8 Å². The quantitative estimate of drug-likeness (QED) is 0.00964. The number of nitrogens with one attached hydrogen (secondary N) is 2. The largest absolute Gasteiger partial charge is 1.00 e. The number of unbranched alkanes of at least 4 members (excludes halogenated alkanes) is 2. The molecule has 1 aliphatic carbocycles. The lowest BCUT2D eigenvalue weighted by Gasteiger charge is -2.24. The number of aliphatic hydroxyl groups excluding tert-OH is 9. The molecule has 0 spiro atoms. The second-order valence-corrected chi connectivity index (χ2v) is 33.9. The van der Waals surface area contributed by atoms with Crippen molar-refractivity contribution in [1.82, 2.24) is 5.32 Å². The molecule has 128 heavy (non-hydrogen) atoms. The van der Waals surface area contributed by atoms with E-state index >= 15 is 0 Å². The monoisotopic (exact) mass is 2020 g/mol. The van der Waals surface area contributed by atoms with E-state index in [0.29, 0.717) is 32.1 Å². The summed E-state index contributed by atoms with van der Waals surface area (Å²) in [5.41, 5.74) is 16.3. The zero-order chi connectivity index (χ0) is 100. The van der Waals surface area contributed by atoms with Crippen molar-refractivity contribution in [2.45, 2.75) is 150 Å². The van der Waals surface area contributed by atoms with Gasteiger partial charge in [-0.3, -0.25) is 23.3 Å². The molecule has 0 aromatic heterocycles. The number of allylic oxidation sites excluding steroid dienone is 3. The zero-order valence-corrected chi connectivity index (χ0v) is 87.9. The fourth-order valence-corrected chi connectivity index (χ4v) is 16.3. The first-order valence-corrected chi connectivity index (χ1v) is 47.7. The van der Waals surface area contributed by atoms with Crippen LogP contribution in [0.2, 0.25) is 18.1 Å². The molecule has 0 aliphatic heterocycles. The fourth-order valence-electron chi connectivity index (χ4n) is 11.1. The summed E-state index contributed by atoms with van der Waals surface area (Å²) in [6.07, 6.45) is 8.95. The number of carbonyl (C=O) groups is 6. The Labute approximate surface area is 786 Å². The van der Waals surface area contributed by atoms with Crippen molar-refractivity contribution in [3.8, 4) is 0 Å². The third-order valence-electron chi connectivity index (χ3n) is 17.6. The van der Waals surface area contributed by atoms with Crippen LogP contribution in [0.15, 0.2) is 97.6 Å². The highest BCUT2D eigenvalue weighted by Crippen LogP contribution is 2.38. The van der Waals surface area contributed by atoms with Crippen LogP contribution in [0.25, 0.3) is 11.1 Å². The van der Waals surface area contributed by atoms with Crippen molar-refractivity contribution in [3.05, 3.63) is 120 Å². The lowest BCUT2D eigenvalue weighted by Crippen LogP contribution is -3.00. The molecule has 0 heterocycles. The van der Waals surface area contributed by atoms with Crippen LogP contribution in [0.1, 0.15) is 142 Å². The van der Waals surface area contributed by atoms with Crippen LogP contribution in [0.3, 0.4) is 0 Å². The molecule has 3 aromatic rings. The Hall–Kier alpha value is -6.63. The summed E-state index contributed by atoms with van der Waals surface area (Å²) in [6, 6.07) is 29.0. The number of carbonyl (C=O) groups excluding carboxylic acids is 6. The maximum atomic E-state index is 12.3. The molecule has 4 unspecified atom stereocenters. The van der Waals surface area contributed by atoms with Crippen molar-refractivity contribution in [3.63, 3.8) is 0 Å². The van der Waals surface area contributed by atoms with Crippen molar-refractivity contribution in [2.24, 2.45) is 17.6 Å². The van der Waals surface area contributed by atoms with Crippen LogP contribution in [-0.4, -0.2) is 343 Å². The number of methoxy groups -OCH3 is 2. The molecule has 1 aliphatic rings. The molecule has 0 saturated heterocycles. The van der Waals surface area contributed by atoms with E-state index in [2.05, 4.69) is 149 Å². The molecule has 0 radical (unpaired) electrons. The Balaban J connectivity index is -0.000000158. The van der Waals surface area contributed by atoms with E-state index < -0.39 is 95.6 Å². The Bertz CT molecular complexity index is 3140. The highest BCUT2D eigenvalue weighted by molar-refractivity contribution is 6.61. The summed E-state index contributed by atoms with van der Waals surface area (Å²) >= 11 is 0. The van der Waals surface area contributed by atoms with Crippen LogP contribution in [-0.2, 0) is 106 Å². The Morgan fingerprint density at radius 3 is 1.12 bits per heavy atom. The maximum Gasteiger partial charge on any atom is 0.549 e. The molecule has 0 fully saturated rings. The van der Waals surface area contributed by atoms with Gasteiger partial charge in [0.15, 0.2) is 12.2 Å². The van der Waals surface area contributed by atoms with Crippen LogP contribution in [0.5, 0.6) is 0 Å². The topological polar surface area (TPSA) is 516 Å². The molecule has 13 N–H and O–H groups in total. The number of hydrogen-bond acceptors (Lipinski definition) is 36. The highest BCUT2D eigenvalue weighted by atomic mass is 127. The van der Waals surface area contributed by atoms with Gasteiger partial charge in [0.1, 0.15) is 6.54 Å². The number of nitrogens with zero attached hydrogens (tertiary/aromatic N) is 2. The zero-order valence-electron chi connectivity index (χ0n) is 81.7. The molecule has 37 nitrogen and oxygen atoms in total. The first-order valence-electron chi connectivity index (χ1n) is 41.1. The number of halogens is 1. The fraction of sp³-hybridized carbons (Fsp3) is 0.640. The molecule has 4 atom stereocenters. The van der Waals surface area contributed by atoms with E-state index in [0.717, 1.165) is 159 Å². The van der Waals surface area contributed by atoms with Gasteiger partial charge >= 0.3 is 71.5 Å².